The van der Waals surface area contributed by atoms with Crippen molar-refractivity contribution in [1.82, 2.24) is 24.1 Å². The second-order valence-corrected chi connectivity index (χ2v) is 11.1. The van der Waals surface area contributed by atoms with Gasteiger partial charge in [0.1, 0.15) is 13.2 Å². The van der Waals surface area contributed by atoms with E-state index >= 15 is 0 Å². The normalized spacial score (nSPS) is 18.6. The fraction of sp³-hybridized carbons (Fsp3) is 0.360. The summed E-state index contributed by atoms with van der Waals surface area (Å²) >= 11 is 0. The van der Waals surface area contributed by atoms with E-state index in [0.717, 1.165) is 22.4 Å². The average Bonchev–Trinajstić information content (AvgIpc) is 3.62. The van der Waals surface area contributed by atoms with E-state index in [4.69, 9.17) is 9.47 Å². The molecule has 11 heteroatoms. The van der Waals surface area contributed by atoms with E-state index in [9.17, 15) is 13.2 Å². The predicted molar refractivity (Wildman–Crippen MR) is 132 cm³/mol. The summed E-state index contributed by atoms with van der Waals surface area (Å²) in [5, 5.41) is 7.53. The van der Waals surface area contributed by atoms with Crippen molar-refractivity contribution in [3.8, 4) is 11.5 Å². The van der Waals surface area contributed by atoms with Crippen LogP contribution >= 0.6 is 0 Å². The summed E-state index contributed by atoms with van der Waals surface area (Å²) in [6.45, 7) is 2.73. The number of carbonyl (C=O) groups excluding carboxylic acids is 1. The summed E-state index contributed by atoms with van der Waals surface area (Å²) in [4.78, 5) is 15.6. The number of carbonyl (C=O) groups is 1. The molecule has 1 unspecified atom stereocenters. The van der Waals surface area contributed by atoms with Crippen molar-refractivity contribution in [1.29, 1.82) is 0 Å². The number of hydrogen-bond acceptors (Lipinski definition) is 7. The maximum Gasteiger partial charge on any atom is 0.243 e. The molecule has 1 aromatic carbocycles. The molecule has 3 aromatic rings. The zero-order valence-corrected chi connectivity index (χ0v) is 20.7. The van der Waals surface area contributed by atoms with Gasteiger partial charge in [0.25, 0.3) is 0 Å². The van der Waals surface area contributed by atoms with Gasteiger partial charge in [-0.2, -0.15) is 9.40 Å². The number of hydrogen-bond donors (Lipinski definition) is 1. The lowest BCUT2D eigenvalue weighted by Gasteiger charge is -2.27. The molecule has 3 aliphatic rings. The number of likely N-dealkylation sites (N-methyl/N-ethyl adjacent to an activating group) is 1. The lowest BCUT2D eigenvalue weighted by molar-refractivity contribution is -0.131. The van der Waals surface area contributed by atoms with Gasteiger partial charge in [0.2, 0.25) is 15.9 Å². The molecule has 0 saturated heterocycles. The van der Waals surface area contributed by atoms with E-state index in [-0.39, 0.29) is 23.9 Å². The van der Waals surface area contributed by atoms with Crippen LogP contribution in [0.1, 0.15) is 11.6 Å². The van der Waals surface area contributed by atoms with Crippen molar-refractivity contribution in [2.45, 2.75) is 10.8 Å². The number of benzene rings is 1. The number of sulfonamides is 1. The number of rotatable bonds is 6. The van der Waals surface area contributed by atoms with E-state index in [1.165, 1.54) is 10.4 Å². The molecule has 10 nitrogen and oxygen atoms in total. The highest BCUT2D eigenvalue weighted by molar-refractivity contribution is 7.89. The summed E-state index contributed by atoms with van der Waals surface area (Å²) in [6.07, 6.45) is 1.72. The highest BCUT2D eigenvalue weighted by atomic mass is 32.2. The molecule has 2 aromatic heterocycles. The number of aromatic nitrogens is 2. The molecule has 0 spiro atoms. The second-order valence-electron chi connectivity index (χ2n) is 9.21. The number of fused-ring (bicyclic) bond motifs is 2. The van der Waals surface area contributed by atoms with Crippen LogP contribution in [0, 0.1) is 0 Å². The molecule has 5 heterocycles. The zero-order valence-electron chi connectivity index (χ0n) is 19.9. The molecule has 188 valence electrons. The summed E-state index contributed by atoms with van der Waals surface area (Å²) in [5.41, 5.74) is 3.74. The first-order chi connectivity index (χ1) is 17.5. The summed E-state index contributed by atoms with van der Waals surface area (Å²) in [7, 11) is -1.88. The first kappa shape index (κ1) is 23.0. The fourth-order valence-corrected chi connectivity index (χ4v) is 6.63. The second kappa shape index (κ2) is 8.91. The minimum absolute atomic E-state index is 0.00277. The SMILES string of the molecule is CNCC(C(=O)N1CC2=C(C1)CN(S(=O)(=O)c1ccc3c(c1)OCCO3)C2)c1cccc2ccnn12. The van der Waals surface area contributed by atoms with Gasteiger partial charge in [-0.15, -0.1) is 0 Å². The van der Waals surface area contributed by atoms with Gasteiger partial charge in [-0.05, 0) is 48.5 Å². The number of amides is 1. The van der Waals surface area contributed by atoms with Gasteiger partial charge in [0.15, 0.2) is 11.5 Å². The van der Waals surface area contributed by atoms with Gasteiger partial charge in [-0.25, -0.2) is 12.9 Å². The van der Waals surface area contributed by atoms with Crippen LogP contribution in [-0.4, -0.2) is 86.1 Å². The molecular weight excluding hydrogens is 482 g/mol. The fourth-order valence-electron chi connectivity index (χ4n) is 5.18. The van der Waals surface area contributed by atoms with E-state index in [1.54, 1.807) is 22.8 Å². The van der Waals surface area contributed by atoms with Gasteiger partial charge in [-0.3, -0.25) is 4.79 Å². The Bertz CT molecular complexity index is 1460. The Labute approximate surface area is 209 Å². The number of nitrogens with zero attached hydrogens (tertiary/aromatic N) is 4. The molecule has 1 atom stereocenters. The molecule has 0 aliphatic carbocycles. The van der Waals surface area contributed by atoms with E-state index in [2.05, 4.69) is 10.4 Å². The van der Waals surface area contributed by atoms with Crippen LogP contribution in [0.4, 0.5) is 0 Å². The Morgan fingerprint density at radius 1 is 1.03 bits per heavy atom. The largest absolute Gasteiger partial charge is 0.486 e. The summed E-state index contributed by atoms with van der Waals surface area (Å²) < 4.78 is 41.0. The van der Waals surface area contributed by atoms with Gasteiger partial charge >= 0.3 is 0 Å². The Morgan fingerprint density at radius 3 is 2.53 bits per heavy atom. The molecule has 1 N–H and O–H groups in total. The highest BCUT2D eigenvalue weighted by Crippen LogP contribution is 2.36. The standard InChI is InChI=1S/C25H27N5O5S/c1-26-12-21(22-4-2-3-19-7-8-27-30(19)22)25(31)28-13-17-15-29(16-18(17)14-28)36(32,33)20-5-6-23-24(11-20)35-10-9-34-23/h2-8,11,21,26H,9-10,12-16H2,1H3. The van der Waals surface area contributed by atoms with Crippen LogP contribution in [0.2, 0.25) is 0 Å². The molecule has 0 saturated carbocycles. The average molecular weight is 510 g/mol. The Hall–Kier alpha value is -3.41. The van der Waals surface area contributed by atoms with Gasteiger partial charge in [0.05, 0.1) is 22.0 Å². The number of pyridine rings is 1. The lowest BCUT2D eigenvalue weighted by Crippen LogP contribution is -2.41. The number of nitrogens with one attached hydrogen (secondary N) is 1. The van der Waals surface area contributed by atoms with Crippen molar-refractivity contribution >= 4 is 21.4 Å². The quantitative estimate of drug-likeness (QED) is 0.499. The molecule has 36 heavy (non-hydrogen) atoms. The van der Waals surface area contributed by atoms with E-state index < -0.39 is 15.9 Å². The molecule has 0 fully saturated rings. The van der Waals surface area contributed by atoms with Crippen LogP contribution in [0.25, 0.3) is 5.52 Å². The first-order valence-electron chi connectivity index (χ1n) is 11.9. The number of ether oxygens (including phenoxy) is 2. The molecule has 1 amide bonds. The maximum absolute atomic E-state index is 13.6. The van der Waals surface area contributed by atoms with Crippen LogP contribution in [0.5, 0.6) is 11.5 Å². The Kier molecular flexibility index (Phi) is 5.70. The van der Waals surface area contributed by atoms with Crippen molar-refractivity contribution in [2.24, 2.45) is 0 Å². The minimum Gasteiger partial charge on any atom is -0.486 e. The summed E-state index contributed by atoms with van der Waals surface area (Å²) in [6, 6.07) is 12.5. The van der Waals surface area contributed by atoms with Crippen molar-refractivity contribution in [3.05, 3.63) is 65.5 Å². The van der Waals surface area contributed by atoms with Crippen LogP contribution in [0.3, 0.4) is 0 Å². The van der Waals surface area contributed by atoms with Crippen molar-refractivity contribution in [3.63, 3.8) is 0 Å². The van der Waals surface area contributed by atoms with Gasteiger partial charge < -0.3 is 19.7 Å². The van der Waals surface area contributed by atoms with Crippen LogP contribution < -0.4 is 14.8 Å². The van der Waals surface area contributed by atoms with Crippen LogP contribution in [0.15, 0.2) is 64.7 Å². The Balaban J connectivity index is 1.17. The van der Waals surface area contributed by atoms with E-state index in [1.807, 2.05) is 36.2 Å². The Morgan fingerprint density at radius 2 is 1.78 bits per heavy atom. The molecule has 3 aliphatic heterocycles. The smallest absolute Gasteiger partial charge is 0.243 e. The zero-order chi connectivity index (χ0) is 24.9. The predicted octanol–water partition coefficient (Wildman–Crippen LogP) is 1.25. The molecule has 0 radical (unpaired) electrons. The molecule has 0 bridgehead atoms. The maximum atomic E-state index is 13.6. The topological polar surface area (TPSA) is 105 Å². The summed E-state index contributed by atoms with van der Waals surface area (Å²) in [5.74, 6) is 0.596. The third-order valence-corrected chi connectivity index (χ3v) is 8.76. The van der Waals surface area contributed by atoms with Crippen LogP contribution in [-0.2, 0) is 14.8 Å². The third kappa shape index (κ3) is 3.83. The first-order valence-corrected chi connectivity index (χ1v) is 13.4. The van der Waals surface area contributed by atoms with Crippen molar-refractivity contribution < 1.29 is 22.7 Å². The van der Waals surface area contributed by atoms with Gasteiger partial charge in [-0.1, -0.05) is 6.07 Å². The van der Waals surface area contributed by atoms with Crippen molar-refractivity contribution in [2.75, 3.05) is 53.0 Å². The molecule has 6 rings (SSSR count). The van der Waals surface area contributed by atoms with Gasteiger partial charge in [0, 0.05) is 45.0 Å². The highest BCUT2D eigenvalue weighted by Gasteiger charge is 2.39. The lowest BCUT2D eigenvalue weighted by atomic mass is 10.0. The minimum atomic E-state index is -3.71. The monoisotopic (exact) mass is 509 g/mol. The third-order valence-electron chi connectivity index (χ3n) is 6.97. The van der Waals surface area contributed by atoms with E-state index in [0.29, 0.717) is 44.3 Å². The molecular formula is C25H27N5O5S.